The third-order valence-electron chi connectivity index (χ3n) is 2.34. The molecule has 2 heterocycles. The molecule has 0 atom stereocenters. The lowest BCUT2D eigenvalue weighted by Crippen LogP contribution is -2.16. The van der Waals surface area contributed by atoms with Gasteiger partial charge in [-0.15, -0.1) is 11.3 Å². The zero-order valence-electron chi connectivity index (χ0n) is 11.4. The molecule has 2 rings (SSSR count). The molecule has 0 aliphatic rings. The van der Waals surface area contributed by atoms with Crippen molar-refractivity contribution in [3.05, 3.63) is 16.1 Å². The van der Waals surface area contributed by atoms with Gasteiger partial charge in [0.05, 0.1) is 11.6 Å². The largest absolute Gasteiger partial charge is 0.357 e. The van der Waals surface area contributed by atoms with Gasteiger partial charge in [0.2, 0.25) is 17.8 Å². The Kier molecular flexibility index (Phi) is 4.10. The van der Waals surface area contributed by atoms with Gasteiger partial charge < -0.3 is 15.5 Å². The van der Waals surface area contributed by atoms with Gasteiger partial charge in [-0.2, -0.15) is 15.0 Å². The van der Waals surface area contributed by atoms with Crippen LogP contribution in [-0.2, 0) is 6.54 Å². The molecule has 102 valence electrons. The first-order chi connectivity index (χ1) is 9.08. The number of nitrogens with zero attached hydrogens (tertiary/aromatic N) is 5. The highest BCUT2D eigenvalue weighted by Crippen LogP contribution is 2.15. The highest BCUT2D eigenvalue weighted by atomic mass is 32.1. The fourth-order valence-corrected chi connectivity index (χ4v) is 2.14. The van der Waals surface area contributed by atoms with Gasteiger partial charge in [-0.3, -0.25) is 0 Å². The molecule has 0 amide bonds. The third-order valence-corrected chi connectivity index (χ3v) is 3.25. The summed E-state index contributed by atoms with van der Waals surface area (Å²) >= 11 is 1.66. The van der Waals surface area contributed by atoms with Crippen LogP contribution in [0, 0.1) is 6.92 Å². The van der Waals surface area contributed by atoms with Crippen LogP contribution in [-0.4, -0.2) is 41.1 Å². The number of aryl methyl sites for hydroxylation is 1. The summed E-state index contributed by atoms with van der Waals surface area (Å²) in [6.07, 6.45) is 1.86. The molecule has 0 spiro atoms. The second kappa shape index (κ2) is 5.79. The first kappa shape index (κ1) is 13.5. The van der Waals surface area contributed by atoms with Crippen molar-refractivity contribution in [2.75, 3.05) is 36.7 Å². The van der Waals surface area contributed by atoms with Gasteiger partial charge in [0.15, 0.2) is 0 Å². The van der Waals surface area contributed by atoms with E-state index in [4.69, 9.17) is 0 Å². The first-order valence-corrected chi connectivity index (χ1v) is 6.66. The van der Waals surface area contributed by atoms with Crippen molar-refractivity contribution in [2.24, 2.45) is 0 Å². The second-order valence-electron chi connectivity index (χ2n) is 4.13. The van der Waals surface area contributed by atoms with E-state index in [1.165, 1.54) is 0 Å². The fraction of sp³-hybridized carbons (Fsp3) is 0.455. The molecule has 2 N–H and O–H groups in total. The molecule has 0 radical (unpaired) electrons. The van der Waals surface area contributed by atoms with Crippen molar-refractivity contribution in [2.45, 2.75) is 13.5 Å². The van der Waals surface area contributed by atoms with Crippen molar-refractivity contribution in [3.63, 3.8) is 0 Å². The molecule has 0 fully saturated rings. The summed E-state index contributed by atoms with van der Waals surface area (Å²) < 4.78 is 0. The smallest absolute Gasteiger partial charge is 0.231 e. The highest BCUT2D eigenvalue weighted by molar-refractivity contribution is 7.11. The molecule has 0 bridgehead atoms. The molecule has 7 nitrogen and oxygen atoms in total. The van der Waals surface area contributed by atoms with Crippen LogP contribution in [0.15, 0.2) is 6.20 Å². The number of nitrogens with one attached hydrogen (secondary N) is 2. The summed E-state index contributed by atoms with van der Waals surface area (Å²) in [6.45, 7) is 2.64. The van der Waals surface area contributed by atoms with Crippen LogP contribution in [0.1, 0.15) is 9.88 Å². The monoisotopic (exact) mass is 279 g/mol. The first-order valence-electron chi connectivity index (χ1n) is 5.85. The Balaban J connectivity index is 2.12. The van der Waals surface area contributed by atoms with E-state index in [1.807, 2.05) is 32.1 Å². The van der Waals surface area contributed by atoms with Gasteiger partial charge in [-0.05, 0) is 6.92 Å². The Morgan fingerprint density at radius 2 is 1.95 bits per heavy atom. The van der Waals surface area contributed by atoms with E-state index in [0.717, 1.165) is 9.88 Å². The van der Waals surface area contributed by atoms with Gasteiger partial charge >= 0.3 is 0 Å². The van der Waals surface area contributed by atoms with E-state index in [1.54, 1.807) is 18.4 Å². The summed E-state index contributed by atoms with van der Waals surface area (Å²) in [5.74, 6) is 1.71. The lowest BCUT2D eigenvalue weighted by Gasteiger charge is -2.12. The van der Waals surface area contributed by atoms with Crippen molar-refractivity contribution in [1.29, 1.82) is 0 Å². The molecular formula is C11H17N7S. The summed E-state index contributed by atoms with van der Waals surface area (Å²) in [7, 11) is 5.57. The van der Waals surface area contributed by atoms with Crippen molar-refractivity contribution < 1.29 is 0 Å². The average molecular weight is 279 g/mol. The van der Waals surface area contributed by atoms with Crippen molar-refractivity contribution >= 4 is 29.2 Å². The summed E-state index contributed by atoms with van der Waals surface area (Å²) in [4.78, 5) is 20.1. The average Bonchev–Trinajstić information content (AvgIpc) is 2.81. The fourth-order valence-electron chi connectivity index (χ4n) is 1.41. The summed E-state index contributed by atoms with van der Waals surface area (Å²) in [5.41, 5.74) is 0. The van der Waals surface area contributed by atoms with Crippen molar-refractivity contribution in [1.82, 2.24) is 19.9 Å². The molecule has 2 aromatic rings. The van der Waals surface area contributed by atoms with Crippen LogP contribution in [0.2, 0.25) is 0 Å². The molecule has 0 aliphatic carbocycles. The van der Waals surface area contributed by atoms with E-state index in [9.17, 15) is 0 Å². The van der Waals surface area contributed by atoms with Crippen molar-refractivity contribution in [3.8, 4) is 0 Å². The van der Waals surface area contributed by atoms with E-state index in [-0.39, 0.29) is 0 Å². The highest BCUT2D eigenvalue weighted by Gasteiger charge is 2.07. The SMILES string of the molecule is CNc1nc(NCc2cnc(C)s2)nc(N(C)C)n1. The molecular weight excluding hydrogens is 262 g/mol. The van der Waals surface area contributed by atoms with E-state index < -0.39 is 0 Å². The van der Waals surface area contributed by atoms with Gasteiger partial charge in [0, 0.05) is 32.2 Å². The third kappa shape index (κ3) is 3.50. The minimum atomic E-state index is 0.543. The van der Waals surface area contributed by atoms with Gasteiger partial charge in [-0.25, -0.2) is 4.98 Å². The van der Waals surface area contributed by atoms with Crippen LogP contribution in [0.3, 0.4) is 0 Å². The minimum Gasteiger partial charge on any atom is -0.357 e. The Labute approximate surface area is 116 Å². The minimum absolute atomic E-state index is 0.543. The summed E-state index contributed by atoms with van der Waals surface area (Å²) in [5, 5.41) is 7.17. The number of rotatable bonds is 5. The number of hydrogen-bond donors (Lipinski definition) is 2. The van der Waals surface area contributed by atoms with Crippen LogP contribution in [0.5, 0.6) is 0 Å². The predicted octanol–water partition coefficient (Wildman–Crippen LogP) is 1.36. The lowest BCUT2D eigenvalue weighted by atomic mass is 10.5. The quantitative estimate of drug-likeness (QED) is 0.855. The van der Waals surface area contributed by atoms with Crippen LogP contribution in [0.4, 0.5) is 17.8 Å². The Bertz CT molecular complexity index is 552. The number of aromatic nitrogens is 4. The van der Waals surface area contributed by atoms with Gasteiger partial charge in [-0.1, -0.05) is 0 Å². The molecule has 0 aromatic carbocycles. The molecule has 0 aliphatic heterocycles. The number of thiazole rings is 1. The van der Waals surface area contributed by atoms with Gasteiger partial charge in [0.25, 0.3) is 0 Å². The zero-order chi connectivity index (χ0) is 13.8. The summed E-state index contributed by atoms with van der Waals surface area (Å²) in [6, 6.07) is 0. The van der Waals surface area contributed by atoms with E-state index in [0.29, 0.717) is 24.4 Å². The van der Waals surface area contributed by atoms with Crippen LogP contribution >= 0.6 is 11.3 Å². The zero-order valence-corrected chi connectivity index (χ0v) is 12.2. The maximum absolute atomic E-state index is 4.34. The lowest BCUT2D eigenvalue weighted by molar-refractivity contribution is 0.946. The standard InChI is InChI=1S/C11H17N7S/c1-7-13-5-8(19-7)6-14-10-15-9(12-2)16-11(17-10)18(3)4/h5H,6H2,1-4H3,(H2,12,14,15,16,17). The molecule has 8 heteroatoms. The van der Waals surface area contributed by atoms with E-state index >= 15 is 0 Å². The Morgan fingerprint density at radius 3 is 2.53 bits per heavy atom. The molecule has 2 aromatic heterocycles. The Hall–Kier alpha value is -1.96. The maximum atomic E-state index is 4.34. The number of hydrogen-bond acceptors (Lipinski definition) is 8. The van der Waals surface area contributed by atoms with Gasteiger partial charge in [0.1, 0.15) is 0 Å². The maximum Gasteiger partial charge on any atom is 0.231 e. The normalized spacial score (nSPS) is 10.3. The topological polar surface area (TPSA) is 78.9 Å². The Morgan fingerprint density at radius 1 is 1.21 bits per heavy atom. The molecule has 19 heavy (non-hydrogen) atoms. The van der Waals surface area contributed by atoms with E-state index in [2.05, 4.69) is 30.6 Å². The van der Waals surface area contributed by atoms with Crippen LogP contribution < -0.4 is 15.5 Å². The molecule has 0 saturated heterocycles. The molecule has 0 unspecified atom stereocenters. The predicted molar refractivity (Wildman–Crippen MR) is 77.9 cm³/mol. The molecule has 0 saturated carbocycles. The number of anilines is 3. The van der Waals surface area contributed by atoms with Crippen LogP contribution in [0.25, 0.3) is 0 Å². The second-order valence-corrected chi connectivity index (χ2v) is 5.45.